The van der Waals surface area contributed by atoms with E-state index in [9.17, 15) is 9.90 Å². The largest absolute Gasteiger partial charge is 0.503 e. The van der Waals surface area contributed by atoms with Gasteiger partial charge < -0.3 is 15.2 Å². The summed E-state index contributed by atoms with van der Waals surface area (Å²) in [6.07, 6.45) is 1.41. The smallest absolute Gasteiger partial charge is 0.261 e. The Morgan fingerprint density at radius 1 is 1.61 bits per heavy atom. The molecule has 0 aromatic heterocycles. The summed E-state index contributed by atoms with van der Waals surface area (Å²) in [5.74, 6) is -0.251. The third-order valence-electron chi connectivity index (χ3n) is 2.17. The Morgan fingerprint density at radius 3 is 2.78 bits per heavy atom. The molecule has 1 rings (SSSR count). The van der Waals surface area contributed by atoms with E-state index < -0.39 is 5.91 Å². The number of carbonyl (C=O) groups excluding carboxylic acids is 1. The zero-order valence-corrected chi connectivity index (χ0v) is 11.4. The summed E-state index contributed by atoms with van der Waals surface area (Å²) in [5, 5.41) is 20.9. The molecule has 0 aliphatic heterocycles. The summed E-state index contributed by atoms with van der Waals surface area (Å²) in [6.45, 7) is 0. The van der Waals surface area contributed by atoms with E-state index in [1.54, 1.807) is 12.1 Å². The summed E-state index contributed by atoms with van der Waals surface area (Å²) in [5.41, 5.74) is 0.536. The van der Waals surface area contributed by atoms with Crippen LogP contribution in [-0.2, 0) is 4.79 Å². The van der Waals surface area contributed by atoms with E-state index in [4.69, 9.17) is 10.00 Å². The van der Waals surface area contributed by atoms with Gasteiger partial charge in [0.25, 0.3) is 5.91 Å². The van der Waals surface area contributed by atoms with Crippen molar-refractivity contribution in [2.75, 3.05) is 14.2 Å². The molecule has 0 heterocycles. The number of ether oxygens (including phenoxy) is 1. The Kier molecular flexibility index (Phi) is 4.75. The molecule has 0 aliphatic rings. The molecule has 0 saturated heterocycles. The minimum absolute atomic E-state index is 0.0304. The SMILES string of the molecule is CNC(=O)/C(C#N)=C\c1cc(Br)c(O)c(OC)c1. The lowest BCUT2D eigenvalue weighted by Gasteiger charge is -2.06. The number of likely N-dealkylation sites (N-methyl/N-ethyl adjacent to an activating group) is 1. The number of phenolic OH excluding ortho intramolecular Hbond substituents is 1. The van der Waals surface area contributed by atoms with Crippen LogP contribution in [0.15, 0.2) is 22.2 Å². The molecule has 5 nitrogen and oxygen atoms in total. The molecule has 0 radical (unpaired) electrons. The van der Waals surface area contributed by atoms with Crippen molar-refractivity contribution in [3.05, 3.63) is 27.7 Å². The molecular weight excluding hydrogens is 300 g/mol. The van der Waals surface area contributed by atoms with Crippen LogP contribution in [0.5, 0.6) is 11.5 Å². The second kappa shape index (κ2) is 6.07. The van der Waals surface area contributed by atoms with Crippen LogP contribution in [0.4, 0.5) is 0 Å². The predicted octanol–water partition coefficient (Wildman–Crippen LogP) is 1.82. The van der Waals surface area contributed by atoms with Crippen molar-refractivity contribution in [1.82, 2.24) is 5.32 Å². The maximum absolute atomic E-state index is 11.4. The first-order chi connectivity index (χ1) is 8.53. The van der Waals surface area contributed by atoms with Crippen LogP contribution in [0, 0.1) is 11.3 Å². The zero-order chi connectivity index (χ0) is 13.7. The third kappa shape index (κ3) is 3.02. The first-order valence-corrected chi connectivity index (χ1v) is 5.73. The number of methoxy groups -OCH3 is 1. The standard InChI is InChI=1S/C12H11BrN2O3/c1-15-12(17)8(6-14)3-7-4-9(13)11(16)10(5-7)18-2/h3-5,16H,1-2H3,(H,15,17)/b8-3-. The Morgan fingerprint density at radius 2 is 2.28 bits per heavy atom. The van der Waals surface area contributed by atoms with E-state index in [0.29, 0.717) is 10.0 Å². The summed E-state index contributed by atoms with van der Waals surface area (Å²) in [7, 11) is 2.86. The van der Waals surface area contributed by atoms with Gasteiger partial charge in [0.05, 0.1) is 11.6 Å². The number of hydrogen-bond acceptors (Lipinski definition) is 4. The number of halogens is 1. The van der Waals surface area contributed by atoms with E-state index in [2.05, 4.69) is 21.2 Å². The van der Waals surface area contributed by atoms with Crippen molar-refractivity contribution >= 4 is 27.9 Å². The molecule has 0 bridgehead atoms. The number of amides is 1. The monoisotopic (exact) mass is 310 g/mol. The third-order valence-corrected chi connectivity index (χ3v) is 2.78. The molecule has 6 heteroatoms. The Bertz CT molecular complexity index is 547. The fourth-order valence-corrected chi connectivity index (χ4v) is 1.74. The molecule has 1 aromatic rings. The lowest BCUT2D eigenvalue weighted by molar-refractivity contribution is -0.116. The van der Waals surface area contributed by atoms with Crippen molar-refractivity contribution in [2.24, 2.45) is 0 Å². The molecule has 0 unspecified atom stereocenters. The first kappa shape index (κ1) is 14.1. The lowest BCUT2D eigenvalue weighted by atomic mass is 10.1. The molecule has 0 atom stereocenters. The Balaban J connectivity index is 3.27. The van der Waals surface area contributed by atoms with Gasteiger partial charge in [-0.3, -0.25) is 4.79 Å². The van der Waals surface area contributed by atoms with Crippen LogP contribution in [0.3, 0.4) is 0 Å². The summed E-state index contributed by atoms with van der Waals surface area (Å²) in [6, 6.07) is 4.91. The second-order valence-electron chi connectivity index (χ2n) is 3.30. The van der Waals surface area contributed by atoms with Gasteiger partial charge in [0.1, 0.15) is 11.6 Å². The fraction of sp³-hybridized carbons (Fsp3) is 0.167. The topological polar surface area (TPSA) is 82.4 Å². The minimum atomic E-state index is -0.472. The first-order valence-electron chi connectivity index (χ1n) is 4.93. The van der Waals surface area contributed by atoms with Gasteiger partial charge in [-0.2, -0.15) is 5.26 Å². The van der Waals surface area contributed by atoms with E-state index in [1.807, 2.05) is 0 Å². The van der Waals surface area contributed by atoms with Crippen molar-refractivity contribution < 1.29 is 14.6 Å². The van der Waals surface area contributed by atoms with Gasteiger partial charge in [0.2, 0.25) is 0 Å². The van der Waals surface area contributed by atoms with Crippen molar-refractivity contribution in [1.29, 1.82) is 5.26 Å². The number of nitriles is 1. The zero-order valence-electron chi connectivity index (χ0n) is 9.82. The molecule has 0 fully saturated rings. The molecule has 0 saturated carbocycles. The maximum atomic E-state index is 11.4. The highest BCUT2D eigenvalue weighted by Crippen LogP contribution is 2.35. The average Bonchev–Trinajstić information content (AvgIpc) is 2.38. The van der Waals surface area contributed by atoms with Gasteiger partial charge in [-0.25, -0.2) is 0 Å². The van der Waals surface area contributed by atoms with E-state index in [-0.39, 0.29) is 17.1 Å². The number of hydrogen-bond donors (Lipinski definition) is 2. The lowest BCUT2D eigenvalue weighted by Crippen LogP contribution is -2.19. The number of carbonyl (C=O) groups is 1. The van der Waals surface area contributed by atoms with E-state index in [0.717, 1.165) is 0 Å². The highest BCUT2D eigenvalue weighted by Gasteiger charge is 2.10. The molecular formula is C12H11BrN2O3. The van der Waals surface area contributed by atoms with E-state index in [1.165, 1.54) is 26.3 Å². The number of nitrogens with one attached hydrogen (secondary N) is 1. The van der Waals surface area contributed by atoms with Crippen molar-refractivity contribution in [2.45, 2.75) is 0 Å². The van der Waals surface area contributed by atoms with Crippen LogP contribution < -0.4 is 10.1 Å². The van der Waals surface area contributed by atoms with Crippen LogP contribution >= 0.6 is 15.9 Å². The number of phenols is 1. The predicted molar refractivity (Wildman–Crippen MR) is 70.0 cm³/mol. The normalized spacial score (nSPS) is 10.7. The number of aromatic hydroxyl groups is 1. The molecule has 0 spiro atoms. The summed E-state index contributed by atoms with van der Waals surface area (Å²) >= 11 is 3.16. The molecule has 18 heavy (non-hydrogen) atoms. The van der Waals surface area contributed by atoms with E-state index >= 15 is 0 Å². The number of rotatable bonds is 3. The summed E-state index contributed by atoms with van der Waals surface area (Å²) in [4.78, 5) is 11.4. The van der Waals surface area contributed by atoms with Gasteiger partial charge in [-0.15, -0.1) is 0 Å². The highest BCUT2D eigenvalue weighted by atomic mass is 79.9. The van der Waals surface area contributed by atoms with Crippen LogP contribution in [0.1, 0.15) is 5.56 Å². The number of benzene rings is 1. The fourth-order valence-electron chi connectivity index (χ4n) is 1.28. The number of nitrogens with zero attached hydrogens (tertiary/aromatic N) is 1. The van der Waals surface area contributed by atoms with Crippen LogP contribution in [-0.4, -0.2) is 25.2 Å². The molecule has 1 amide bonds. The molecule has 2 N–H and O–H groups in total. The highest BCUT2D eigenvalue weighted by molar-refractivity contribution is 9.10. The van der Waals surface area contributed by atoms with Gasteiger partial charge in [0.15, 0.2) is 11.5 Å². The van der Waals surface area contributed by atoms with Crippen molar-refractivity contribution in [3.63, 3.8) is 0 Å². The molecule has 94 valence electrons. The second-order valence-corrected chi connectivity index (χ2v) is 4.16. The summed E-state index contributed by atoms with van der Waals surface area (Å²) < 4.78 is 5.39. The van der Waals surface area contributed by atoms with Crippen LogP contribution in [0.2, 0.25) is 0 Å². The van der Waals surface area contributed by atoms with Gasteiger partial charge in [0, 0.05) is 7.05 Å². The van der Waals surface area contributed by atoms with Crippen LogP contribution in [0.25, 0.3) is 6.08 Å². The maximum Gasteiger partial charge on any atom is 0.261 e. The average molecular weight is 311 g/mol. The van der Waals surface area contributed by atoms with Gasteiger partial charge in [-0.1, -0.05) is 0 Å². The molecule has 0 aliphatic carbocycles. The Labute approximate surface area is 113 Å². The Hall–Kier alpha value is -2.00. The van der Waals surface area contributed by atoms with Crippen molar-refractivity contribution in [3.8, 4) is 17.6 Å². The molecule has 1 aromatic carbocycles. The van der Waals surface area contributed by atoms with Gasteiger partial charge >= 0.3 is 0 Å². The quantitative estimate of drug-likeness (QED) is 0.659. The minimum Gasteiger partial charge on any atom is -0.503 e. The van der Waals surface area contributed by atoms with Gasteiger partial charge in [-0.05, 0) is 39.7 Å².